The van der Waals surface area contributed by atoms with Crippen molar-refractivity contribution in [1.29, 1.82) is 0 Å². The van der Waals surface area contributed by atoms with E-state index in [1.54, 1.807) is 7.05 Å². The van der Waals surface area contributed by atoms with Crippen LogP contribution in [0.15, 0.2) is 0 Å². The lowest BCUT2D eigenvalue weighted by Gasteiger charge is -2.37. The maximum absolute atomic E-state index is 11.1. The second-order valence-corrected chi connectivity index (χ2v) is 4.37. The Balaban J connectivity index is 1.70. The summed E-state index contributed by atoms with van der Waals surface area (Å²) in [5, 5.41) is 2.64. The Morgan fingerprint density at radius 3 is 2.50 bits per heavy atom. The lowest BCUT2D eigenvalue weighted by Crippen LogP contribution is -2.45. The summed E-state index contributed by atoms with van der Waals surface area (Å²) < 4.78 is 11.3. The molecule has 1 spiro atoms. The van der Waals surface area contributed by atoms with Crippen LogP contribution in [-0.4, -0.2) is 56.5 Å². The van der Waals surface area contributed by atoms with E-state index in [1.807, 2.05) is 0 Å². The van der Waals surface area contributed by atoms with Crippen molar-refractivity contribution < 1.29 is 14.3 Å². The average molecular weight is 228 g/mol. The average Bonchev–Trinajstić information content (AvgIpc) is 2.77. The molecule has 0 saturated carbocycles. The molecular weight excluding hydrogens is 208 g/mol. The molecule has 5 nitrogen and oxygen atoms in total. The standard InChI is InChI=1S/C11H20N2O3/c1-12-10(14)2-5-13-6-3-11(4-7-13)15-8-9-16-11/h2-9H2,1H3,(H,12,14). The number of rotatable bonds is 3. The zero-order chi connectivity index (χ0) is 11.4. The molecule has 2 heterocycles. The molecule has 92 valence electrons. The molecule has 0 aromatic rings. The van der Waals surface area contributed by atoms with Gasteiger partial charge in [0.05, 0.1) is 13.2 Å². The molecule has 2 aliphatic heterocycles. The third-order valence-electron chi connectivity index (χ3n) is 3.37. The molecule has 0 unspecified atom stereocenters. The van der Waals surface area contributed by atoms with Crippen molar-refractivity contribution in [3.8, 4) is 0 Å². The highest BCUT2D eigenvalue weighted by atomic mass is 16.7. The van der Waals surface area contributed by atoms with Gasteiger partial charge in [0.2, 0.25) is 5.91 Å². The van der Waals surface area contributed by atoms with Crippen LogP contribution in [0.1, 0.15) is 19.3 Å². The summed E-state index contributed by atoms with van der Waals surface area (Å²) in [6.07, 6.45) is 2.41. The minimum absolute atomic E-state index is 0.105. The molecule has 0 aliphatic carbocycles. The normalized spacial score (nSPS) is 24.8. The third-order valence-corrected chi connectivity index (χ3v) is 3.37. The van der Waals surface area contributed by atoms with E-state index in [4.69, 9.17) is 9.47 Å². The van der Waals surface area contributed by atoms with Gasteiger partial charge < -0.3 is 19.7 Å². The number of hydrogen-bond acceptors (Lipinski definition) is 4. The topological polar surface area (TPSA) is 50.8 Å². The van der Waals surface area contributed by atoms with E-state index in [9.17, 15) is 4.79 Å². The number of piperidine rings is 1. The van der Waals surface area contributed by atoms with Crippen LogP contribution in [0.2, 0.25) is 0 Å². The van der Waals surface area contributed by atoms with Crippen LogP contribution in [-0.2, 0) is 14.3 Å². The highest BCUT2D eigenvalue weighted by Gasteiger charge is 2.39. The Morgan fingerprint density at radius 2 is 1.94 bits per heavy atom. The van der Waals surface area contributed by atoms with Crippen molar-refractivity contribution in [2.45, 2.75) is 25.0 Å². The van der Waals surface area contributed by atoms with Crippen molar-refractivity contribution >= 4 is 5.91 Å². The lowest BCUT2D eigenvalue weighted by atomic mass is 10.0. The summed E-state index contributed by atoms with van der Waals surface area (Å²) in [7, 11) is 1.67. The molecule has 1 N–H and O–H groups in total. The number of likely N-dealkylation sites (tertiary alicyclic amines) is 1. The first-order chi connectivity index (χ1) is 7.74. The van der Waals surface area contributed by atoms with Gasteiger partial charge in [-0.25, -0.2) is 0 Å². The van der Waals surface area contributed by atoms with Gasteiger partial charge in [0.25, 0.3) is 0 Å². The lowest BCUT2D eigenvalue weighted by molar-refractivity contribution is -0.185. The minimum atomic E-state index is -0.302. The van der Waals surface area contributed by atoms with Gasteiger partial charge in [0.1, 0.15) is 0 Å². The van der Waals surface area contributed by atoms with Crippen LogP contribution >= 0.6 is 0 Å². The molecule has 0 atom stereocenters. The van der Waals surface area contributed by atoms with Crippen LogP contribution in [0.3, 0.4) is 0 Å². The second-order valence-electron chi connectivity index (χ2n) is 4.37. The van der Waals surface area contributed by atoms with Gasteiger partial charge in [-0.3, -0.25) is 4.79 Å². The molecule has 0 aromatic carbocycles. The van der Waals surface area contributed by atoms with Crippen molar-refractivity contribution in [2.24, 2.45) is 0 Å². The molecule has 0 aromatic heterocycles. The predicted molar refractivity (Wildman–Crippen MR) is 59.0 cm³/mol. The fourth-order valence-electron chi connectivity index (χ4n) is 2.29. The van der Waals surface area contributed by atoms with Crippen LogP contribution in [0, 0.1) is 0 Å². The number of ether oxygens (including phenoxy) is 2. The molecular formula is C11H20N2O3. The van der Waals surface area contributed by atoms with Crippen molar-refractivity contribution in [1.82, 2.24) is 10.2 Å². The SMILES string of the molecule is CNC(=O)CCN1CCC2(CC1)OCCO2. The number of carbonyl (C=O) groups is 1. The smallest absolute Gasteiger partial charge is 0.221 e. The fraction of sp³-hybridized carbons (Fsp3) is 0.909. The van der Waals surface area contributed by atoms with Crippen LogP contribution in [0.5, 0.6) is 0 Å². The minimum Gasteiger partial charge on any atom is -0.359 e. The number of nitrogens with one attached hydrogen (secondary N) is 1. The van der Waals surface area contributed by atoms with E-state index >= 15 is 0 Å². The maximum Gasteiger partial charge on any atom is 0.221 e. The molecule has 0 radical (unpaired) electrons. The third kappa shape index (κ3) is 2.72. The fourth-order valence-corrected chi connectivity index (χ4v) is 2.29. The predicted octanol–water partition coefficient (Wildman–Crippen LogP) is -0.0386. The monoisotopic (exact) mass is 228 g/mol. The van der Waals surface area contributed by atoms with Gasteiger partial charge in [0.15, 0.2) is 5.79 Å². The Bertz CT molecular complexity index is 242. The molecule has 2 rings (SSSR count). The van der Waals surface area contributed by atoms with Crippen molar-refractivity contribution in [2.75, 3.05) is 39.9 Å². The molecule has 2 aliphatic rings. The zero-order valence-corrected chi connectivity index (χ0v) is 9.83. The Morgan fingerprint density at radius 1 is 1.31 bits per heavy atom. The van der Waals surface area contributed by atoms with Gasteiger partial charge in [-0.05, 0) is 0 Å². The van der Waals surface area contributed by atoms with E-state index < -0.39 is 0 Å². The highest BCUT2D eigenvalue weighted by molar-refractivity contribution is 5.75. The van der Waals surface area contributed by atoms with E-state index in [0.717, 1.165) is 45.7 Å². The van der Waals surface area contributed by atoms with E-state index in [1.165, 1.54) is 0 Å². The largest absolute Gasteiger partial charge is 0.359 e. The second kappa shape index (κ2) is 5.12. The summed E-state index contributed by atoms with van der Waals surface area (Å²) in [4.78, 5) is 13.4. The Labute approximate surface area is 96.1 Å². The van der Waals surface area contributed by atoms with E-state index in [-0.39, 0.29) is 11.7 Å². The van der Waals surface area contributed by atoms with Gasteiger partial charge in [-0.2, -0.15) is 0 Å². The quantitative estimate of drug-likeness (QED) is 0.736. The summed E-state index contributed by atoms with van der Waals surface area (Å²) in [6.45, 7) is 4.18. The van der Waals surface area contributed by atoms with E-state index in [0.29, 0.717) is 6.42 Å². The number of amides is 1. The van der Waals surface area contributed by atoms with Gasteiger partial charge in [-0.1, -0.05) is 0 Å². The molecule has 1 amide bonds. The molecule has 2 saturated heterocycles. The van der Waals surface area contributed by atoms with Crippen LogP contribution in [0.25, 0.3) is 0 Å². The van der Waals surface area contributed by atoms with Crippen LogP contribution < -0.4 is 5.32 Å². The summed E-state index contributed by atoms with van der Waals surface area (Å²) in [5.41, 5.74) is 0. The summed E-state index contributed by atoms with van der Waals surface area (Å²) in [6, 6.07) is 0. The molecule has 16 heavy (non-hydrogen) atoms. The van der Waals surface area contributed by atoms with Gasteiger partial charge in [-0.15, -0.1) is 0 Å². The van der Waals surface area contributed by atoms with Gasteiger partial charge >= 0.3 is 0 Å². The first kappa shape index (κ1) is 11.8. The maximum atomic E-state index is 11.1. The molecule has 5 heteroatoms. The van der Waals surface area contributed by atoms with Crippen LogP contribution in [0.4, 0.5) is 0 Å². The first-order valence-electron chi connectivity index (χ1n) is 5.95. The number of nitrogens with zero attached hydrogens (tertiary/aromatic N) is 1. The summed E-state index contributed by atoms with van der Waals surface area (Å²) in [5.74, 6) is -0.197. The van der Waals surface area contributed by atoms with Crippen molar-refractivity contribution in [3.63, 3.8) is 0 Å². The Hall–Kier alpha value is -0.650. The zero-order valence-electron chi connectivity index (χ0n) is 9.83. The van der Waals surface area contributed by atoms with E-state index in [2.05, 4.69) is 10.2 Å². The number of carbonyl (C=O) groups excluding carboxylic acids is 1. The number of hydrogen-bond donors (Lipinski definition) is 1. The molecule has 0 bridgehead atoms. The first-order valence-corrected chi connectivity index (χ1v) is 5.95. The summed E-state index contributed by atoms with van der Waals surface area (Å²) >= 11 is 0. The molecule has 2 fully saturated rings. The highest BCUT2D eigenvalue weighted by Crippen LogP contribution is 2.31. The Kier molecular flexibility index (Phi) is 3.78. The van der Waals surface area contributed by atoms with Gasteiger partial charge in [0, 0.05) is 45.9 Å². The van der Waals surface area contributed by atoms with Crippen molar-refractivity contribution in [3.05, 3.63) is 0 Å².